The predicted octanol–water partition coefficient (Wildman–Crippen LogP) is 5.37. The summed E-state index contributed by atoms with van der Waals surface area (Å²) in [6.07, 6.45) is 7.19. The number of ether oxygens (including phenoxy) is 3. The first-order valence-electron chi connectivity index (χ1n) is 16.0. The number of phenols is 2. The van der Waals surface area contributed by atoms with Gasteiger partial charge in [-0.15, -0.1) is 0 Å². The van der Waals surface area contributed by atoms with Crippen LogP contribution in [0.3, 0.4) is 0 Å². The van der Waals surface area contributed by atoms with Gasteiger partial charge in [0.05, 0.1) is 6.10 Å². The molecule has 0 spiro atoms. The van der Waals surface area contributed by atoms with Crippen molar-refractivity contribution in [1.82, 2.24) is 10.3 Å². The molecule has 1 aromatic heterocycles. The van der Waals surface area contributed by atoms with E-state index < -0.39 is 29.6 Å². The first-order chi connectivity index (χ1) is 23.2. The molecule has 0 aliphatic carbocycles. The van der Waals surface area contributed by atoms with Gasteiger partial charge in [0.1, 0.15) is 28.7 Å². The molecule has 0 fully saturated rings. The summed E-state index contributed by atoms with van der Waals surface area (Å²) >= 11 is 0. The minimum Gasteiger partial charge on any atom is -0.507 e. The zero-order valence-corrected chi connectivity index (χ0v) is 26.7. The van der Waals surface area contributed by atoms with Crippen molar-refractivity contribution in [2.75, 3.05) is 18.7 Å². The number of aromatic hydroxyl groups is 2. The molecule has 5 rings (SSSR count). The van der Waals surface area contributed by atoms with Gasteiger partial charge in [-0.2, -0.15) is 0 Å². The lowest BCUT2D eigenvalue weighted by Crippen LogP contribution is -2.29. The van der Waals surface area contributed by atoms with Crippen LogP contribution < -0.4 is 20.1 Å². The fourth-order valence-electron chi connectivity index (χ4n) is 5.75. The average Bonchev–Trinajstić information content (AvgIpc) is 3.52. The van der Waals surface area contributed by atoms with Crippen molar-refractivity contribution in [2.45, 2.75) is 70.3 Å². The van der Waals surface area contributed by atoms with Crippen molar-refractivity contribution in [2.24, 2.45) is 0 Å². The molecule has 48 heavy (non-hydrogen) atoms. The van der Waals surface area contributed by atoms with Crippen LogP contribution in [0.4, 0.5) is 5.82 Å². The van der Waals surface area contributed by atoms with E-state index in [0.29, 0.717) is 61.4 Å². The van der Waals surface area contributed by atoms with Crippen molar-refractivity contribution in [3.63, 3.8) is 0 Å². The molecule has 252 valence electrons. The third-order valence-electron chi connectivity index (χ3n) is 8.19. The SMILES string of the molecule is C[C@H]1CCCC(=O)CCCC=Cc2cc(O)c(C(CC(=O)NCCC(=O)Nc3ccccn3)c3ccc4c(c3)OCO4)c(O)c2C(=O)O1. The Hall–Kier alpha value is -5.39. The summed E-state index contributed by atoms with van der Waals surface area (Å²) in [6.45, 7) is 1.76. The van der Waals surface area contributed by atoms with Gasteiger partial charge in [0.2, 0.25) is 18.6 Å². The van der Waals surface area contributed by atoms with Gasteiger partial charge in [0, 0.05) is 49.9 Å². The number of amides is 2. The van der Waals surface area contributed by atoms with E-state index in [4.69, 9.17) is 14.2 Å². The number of phenolic OH excluding ortho intramolecular Hbond substituents is 2. The number of nitrogens with one attached hydrogen (secondary N) is 2. The van der Waals surface area contributed by atoms with Crippen LogP contribution in [0.1, 0.15) is 91.3 Å². The van der Waals surface area contributed by atoms with Crippen LogP contribution in [0.2, 0.25) is 0 Å². The normalized spacial score (nSPS) is 17.1. The van der Waals surface area contributed by atoms with Gasteiger partial charge in [-0.1, -0.05) is 24.3 Å². The maximum absolute atomic E-state index is 13.6. The molecule has 2 aliphatic rings. The first kappa shape index (κ1) is 34.0. The minimum atomic E-state index is -0.944. The molecule has 4 N–H and O–H groups in total. The van der Waals surface area contributed by atoms with Gasteiger partial charge in [0.15, 0.2) is 11.5 Å². The van der Waals surface area contributed by atoms with Crippen molar-refractivity contribution in [3.05, 3.63) is 77.0 Å². The van der Waals surface area contributed by atoms with Crippen LogP contribution in [0, 0.1) is 0 Å². The van der Waals surface area contributed by atoms with E-state index in [-0.39, 0.29) is 60.3 Å². The number of carbonyl (C=O) groups excluding carboxylic acids is 4. The lowest BCUT2D eigenvalue weighted by Gasteiger charge is -2.23. The van der Waals surface area contributed by atoms with Crippen LogP contribution in [0.15, 0.2) is 54.7 Å². The van der Waals surface area contributed by atoms with Crippen molar-refractivity contribution in [3.8, 4) is 23.0 Å². The Labute approximate surface area is 278 Å². The summed E-state index contributed by atoms with van der Waals surface area (Å²) in [4.78, 5) is 55.5. The quantitative estimate of drug-likeness (QED) is 0.231. The lowest BCUT2D eigenvalue weighted by molar-refractivity contribution is -0.121. The largest absolute Gasteiger partial charge is 0.507 e. The zero-order chi connectivity index (χ0) is 34.0. The van der Waals surface area contributed by atoms with E-state index >= 15 is 0 Å². The van der Waals surface area contributed by atoms with Crippen molar-refractivity contribution in [1.29, 1.82) is 0 Å². The standard InChI is InChI=1S/C36H39N3O9/c1-22-8-7-11-25(40)10-4-2-3-9-24-18-27(41)34(35(44)33(24)36(45)48-22)26(23-13-14-28-29(19-23)47-21-46-28)20-32(43)38-17-15-31(42)39-30-12-5-6-16-37-30/h3,5-6,9,12-14,16,18-19,22,26,41,44H,2,4,7-8,10-11,15,17,20-21H2,1H3,(H,38,43)(H,37,39,42)/t22-,26?/m0/s1. The molecule has 2 atom stereocenters. The predicted molar refractivity (Wildman–Crippen MR) is 176 cm³/mol. The number of rotatable bonds is 8. The number of nitrogens with zero attached hydrogens (tertiary/aromatic N) is 1. The highest BCUT2D eigenvalue weighted by molar-refractivity contribution is 5.98. The molecule has 0 saturated carbocycles. The van der Waals surface area contributed by atoms with Gasteiger partial charge in [-0.05, 0) is 74.1 Å². The highest BCUT2D eigenvalue weighted by Crippen LogP contribution is 2.46. The van der Waals surface area contributed by atoms with Gasteiger partial charge in [-0.3, -0.25) is 14.4 Å². The Balaban J connectivity index is 1.44. The molecule has 0 saturated heterocycles. The average molecular weight is 658 g/mol. The summed E-state index contributed by atoms with van der Waals surface area (Å²) in [5.41, 5.74) is 0.564. The summed E-state index contributed by atoms with van der Waals surface area (Å²) in [7, 11) is 0. The van der Waals surface area contributed by atoms with Crippen molar-refractivity contribution < 1.29 is 43.6 Å². The number of esters is 1. The third kappa shape index (κ3) is 8.69. The zero-order valence-electron chi connectivity index (χ0n) is 26.7. The number of ketones is 1. The smallest absolute Gasteiger partial charge is 0.342 e. The van der Waals surface area contributed by atoms with Crippen LogP contribution in [0.5, 0.6) is 23.0 Å². The Bertz CT molecular complexity index is 1690. The number of hydrogen-bond donors (Lipinski definition) is 4. The second-order valence-corrected chi connectivity index (χ2v) is 11.8. The fraction of sp³-hybridized carbons (Fsp3) is 0.361. The van der Waals surface area contributed by atoms with Crippen molar-refractivity contribution >= 4 is 35.5 Å². The molecule has 0 bridgehead atoms. The Morgan fingerprint density at radius 2 is 1.83 bits per heavy atom. The molecular weight excluding hydrogens is 618 g/mol. The van der Waals surface area contributed by atoms with E-state index in [1.54, 1.807) is 61.7 Å². The molecule has 2 aliphatic heterocycles. The van der Waals surface area contributed by atoms with E-state index in [1.165, 1.54) is 6.07 Å². The number of carbonyl (C=O) groups is 4. The highest BCUT2D eigenvalue weighted by Gasteiger charge is 2.32. The Morgan fingerprint density at radius 3 is 2.65 bits per heavy atom. The minimum absolute atomic E-state index is 0.0170. The maximum atomic E-state index is 13.6. The lowest BCUT2D eigenvalue weighted by atomic mass is 9.84. The van der Waals surface area contributed by atoms with Crippen LogP contribution >= 0.6 is 0 Å². The molecule has 1 unspecified atom stereocenters. The fourth-order valence-corrected chi connectivity index (χ4v) is 5.75. The highest BCUT2D eigenvalue weighted by atomic mass is 16.7. The molecule has 2 aromatic carbocycles. The van der Waals surface area contributed by atoms with Crippen LogP contribution in [-0.2, 0) is 19.1 Å². The van der Waals surface area contributed by atoms with E-state index in [2.05, 4.69) is 15.6 Å². The summed E-state index contributed by atoms with van der Waals surface area (Å²) in [5.74, 6) is -1.91. The molecule has 2 amide bonds. The van der Waals surface area contributed by atoms with E-state index in [0.717, 1.165) is 0 Å². The second-order valence-electron chi connectivity index (χ2n) is 11.8. The monoisotopic (exact) mass is 657 g/mol. The van der Waals surface area contributed by atoms with Crippen LogP contribution in [-0.4, -0.2) is 58.2 Å². The number of cyclic esters (lactones) is 1. The molecule has 3 aromatic rings. The summed E-state index contributed by atoms with van der Waals surface area (Å²) < 4.78 is 16.7. The number of anilines is 1. The molecule has 3 heterocycles. The van der Waals surface area contributed by atoms with E-state index in [9.17, 15) is 29.4 Å². The second kappa shape index (κ2) is 15.9. The molecule has 12 nitrogen and oxygen atoms in total. The molecule has 0 radical (unpaired) electrons. The number of aromatic nitrogens is 1. The Kier molecular flexibility index (Phi) is 11.3. The number of fused-ring (bicyclic) bond motifs is 2. The van der Waals surface area contributed by atoms with E-state index in [1.807, 2.05) is 0 Å². The van der Waals surface area contributed by atoms with Gasteiger partial charge in [0.25, 0.3) is 0 Å². The van der Waals surface area contributed by atoms with Gasteiger partial charge in [-0.25, -0.2) is 9.78 Å². The first-order valence-corrected chi connectivity index (χ1v) is 16.0. The Morgan fingerprint density at radius 1 is 1.02 bits per heavy atom. The number of allylic oxidation sites excluding steroid dienone is 1. The number of benzene rings is 2. The van der Waals surface area contributed by atoms with Gasteiger partial charge >= 0.3 is 5.97 Å². The number of Topliss-reactive ketones (excluding diaryl/α,β-unsaturated/α-hetero) is 1. The maximum Gasteiger partial charge on any atom is 0.342 e. The van der Waals surface area contributed by atoms with Crippen LogP contribution in [0.25, 0.3) is 6.08 Å². The third-order valence-corrected chi connectivity index (χ3v) is 8.19. The topological polar surface area (TPSA) is 173 Å². The number of pyridine rings is 1. The molecular formula is C36H39N3O9. The van der Waals surface area contributed by atoms with Gasteiger partial charge < -0.3 is 35.1 Å². The molecule has 12 heteroatoms. The summed E-state index contributed by atoms with van der Waals surface area (Å²) in [6, 6.07) is 11.5. The summed E-state index contributed by atoms with van der Waals surface area (Å²) in [5, 5.41) is 28.5. The number of hydrogen-bond acceptors (Lipinski definition) is 10.